The van der Waals surface area contributed by atoms with Crippen LogP contribution in [0.5, 0.6) is 0 Å². The van der Waals surface area contributed by atoms with E-state index in [1.807, 2.05) is 0 Å². The van der Waals surface area contributed by atoms with Gasteiger partial charge in [-0.3, -0.25) is 10.6 Å². The number of nitrogens with one attached hydrogen (secondary N) is 2. The molecule has 0 unspecified atom stereocenters. The Morgan fingerprint density at radius 1 is 0.840 bits per heavy atom. The van der Waals surface area contributed by atoms with Gasteiger partial charge in [0.05, 0.1) is 17.7 Å². The number of hydrogen-bond acceptors (Lipinski definition) is 2. The Hall–Kier alpha value is -1.64. The molecule has 1 heterocycles. The van der Waals surface area contributed by atoms with Gasteiger partial charge < -0.3 is 0 Å². The van der Waals surface area contributed by atoms with E-state index >= 15 is 0 Å². The van der Waals surface area contributed by atoms with Gasteiger partial charge in [-0.05, 0) is 48.6 Å². The first-order valence-corrected chi connectivity index (χ1v) is 9.82. The van der Waals surface area contributed by atoms with E-state index in [4.69, 9.17) is 0 Å². The van der Waals surface area contributed by atoms with Gasteiger partial charge in [0.15, 0.2) is 0 Å². The van der Waals surface area contributed by atoms with Crippen LogP contribution in [0.1, 0.15) is 62.7 Å². The molecule has 0 radical (unpaired) electrons. The molecule has 1 aliphatic carbocycles. The smallest absolute Gasteiger partial charge is 0.0700 e. The maximum atomic E-state index is 4.04. The Labute approximate surface area is 152 Å². The van der Waals surface area contributed by atoms with E-state index in [2.05, 4.69) is 85.1 Å². The van der Waals surface area contributed by atoms with Crippen LogP contribution >= 0.6 is 0 Å². The third-order valence-electron chi connectivity index (χ3n) is 6.25. The molecule has 0 amide bonds. The predicted octanol–water partition coefficient (Wildman–Crippen LogP) is 5.20. The van der Waals surface area contributed by atoms with Crippen LogP contribution in [0.25, 0.3) is 0 Å². The van der Waals surface area contributed by atoms with Gasteiger partial charge in [-0.25, -0.2) is 0 Å². The first kappa shape index (κ1) is 16.8. The fraction of sp³-hybridized carbons (Fsp3) is 0.478. The van der Waals surface area contributed by atoms with Crippen molar-refractivity contribution in [2.75, 3.05) is 0 Å². The molecular formula is C23H30N2. The van der Waals surface area contributed by atoms with Crippen molar-refractivity contribution in [2.45, 2.75) is 57.3 Å². The molecule has 2 heteroatoms. The van der Waals surface area contributed by atoms with E-state index in [0.29, 0.717) is 12.1 Å². The summed E-state index contributed by atoms with van der Waals surface area (Å²) in [6, 6.07) is 22.5. The van der Waals surface area contributed by atoms with Crippen molar-refractivity contribution in [3.05, 3.63) is 71.8 Å². The highest BCUT2D eigenvalue weighted by molar-refractivity contribution is 5.31. The molecule has 1 saturated heterocycles. The number of benzene rings is 2. The molecule has 4 rings (SSSR count). The van der Waals surface area contributed by atoms with Gasteiger partial charge in [-0.2, -0.15) is 0 Å². The van der Waals surface area contributed by atoms with Gasteiger partial charge in [-0.1, -0.05) is 74.5 Å². The lowest BCUT2D eigenvalue weighted by Gasteiger charge is -2.40. The standard InChI is InChI=1S/C23H30N2/c1-17(2)20-14-9-15-23(16-20)24-21(18-10-5-3-6-11-18)22(25-23)19-12-7-4-8-13-19/h3-8,10-13,17,20-22,24-25H,9,14-16H2,1-2H3/t20-,21+,22+/m0/s1. The topological polar surface area (TPSA) is 24.1 Å². The molecule has 2 aromatic carbocycles. The second-order valence-electron chi connectivity index (χ2n) is 8.25. The molecule has 0 bridgehead atoms. The average molecular weight is 335 g/mol. The molecule has 2 aromatic rings. The van der Waals surface area contributed by atoms with Crippen molar-refractivity contribution >= 4 is 0 Å². The molecular weight excluding hydrogens is 304 g/mol. The van der Waals surface area contributed by atoms with Gasteiger partial charge in [0.2, 0.25) is 0 Å². The molecule has 1 spiro atoms. The molecule has 1 saturated carbocycles. The molecule has 1 aliphatic heterocycles. The van der Waals surface area contributed by atoms with E-state index in [1.54, 1.807) is 0 Å². The lowest BCUT2D eigenvalue weighted by molar-refractivity contribution is 0.141. The Balaban J connectivity index is 1.67. The maximum Gasteiger partial charge on any atom is 0.0700 e. The van der Waals surface area contributed by atoms with Gasteiger partial charge >= 0.3 is 0 Å². The molecule has 2 nitrogen and oxygen atoms in total. The zero-order chi connectivity index (χ0) is 17.3. The summed E-state index contributed by atoms with van der Waals surface area (Å²) in [6.45, 7) is 4.75. The summed E-state index contributed by atoms with van der Waals surface area (Å²) < 4.78 is 0. The van der Waals surface area contributed by atoms with Crippen LogP contribution in [0.3, 0.4) is 0 Å². The minimum atomic E-state index is 0.0776. The number of hydrogen-bond donors (Lipinski definition) is 2. The summed E-state index contributed by atoms with van der Waals surface area (Å²) in [5.41, 5.74) is 2.84. The largest absolute Gasteiger partial charge is 0.290 e. The molecule has 132 valence electrons. The van der Waals surface area contributed by atoms with E-state index in [1.165, 1.54) is 36.8 Å². The van der Waals surface area contributed by atoms with Gasteiger partial charge in [0.1, 0.15) is 0 Å². The first-order valence-electron chi connectivity index (χ1n) is 9.82. The van der Waals surface area contributed by atoms with E-state index in [-0.39, 0.29) is 5.66 Å². The molecule has 25 heavy (non-hydrogen) atoms. The fourth-order valence-electron chi connectivity index (χ4n) is 4.82. The van der Waals surface area contributed by atoms with Gasteiger partial charge in [-0.15, -0.1) is 0 Å². The minimum Gasteiger partial charge on any atom is -0.290 e. The molecule has 0 aromatic heterocycles. The van der Waals surface area contributed by atoms with Crippen LogP contribution in [0, 0.1) is 11.8 Å². The lowest BCUT2D eigenvalue weighted by atomic mass is 9.76. The van der Waals surface area contributed by atoms with Crippen LogP contribution in [-0.2, 0) is 0 Å². The predicted molar refractivity (Wildman–Crippen MR) is 104 cm³/mol. The highest BCUT2D eigenvalue weighted by Crippen LogP contribution is 2.44. The molecule has 3 atom stereocenters. The minimum absolute atomic E-state index is 0.0776. The molecule has 2 N–H and O–H groups in total. The highest BCUT2D eigenvalue weighted by Gasteiger charge is 2.47. The Bertz CT molecular complexity index is 632. The first-order chi connectivity index (χ1) is 12.2. The SMILES string of the molecule is CC(C)[C@H]1CCCC2(C1)N[C@H](c1ccccc1)[C@@H](c1ccccc1)N2. The normalized spacial score (nSPS) is 28.5. The van der Waals surface area contributed by atoms with Crippen LogP contribution in [0.4, 0.5) is 0 Å². The summed E-state index contributed by atoms with van der Waals surface area (Å²) in [5, 5.41) is 8.09. The van der Waals surface area contributed by atoms with Crippen LogP contribution < -0.4 is 10.6 Å². The molecule has 2 aliphatic rings. The summed E-state index contributed by atoms with van der Waals surface area (Å²) in [5.74, 6) is 1.56. The highest BCUT2D eigenvalue weighted by atomic mass is 15.3. The van der Waals surface area contributed by atoms with E-state index in [0.717, 1.165) is 11.8 Å². The Kier molecular flexibility index (Phi) is 4.66. The summed E-state index contributed by atoms with van der Waals surface area (Å²) in [4.78, 5) is 0. The second kappa shape index (κ2) is 6.93. The average Bonchev–Trinajstić information content (AvgIpc) is 3.02. The number of rotatable bonds is 3. The lowest BCUT2D eigenvalue weighted by Crippen LogP contribution is -2.53. The summed E-state index contributed by atoms with van der Waals surface area (Å²) in [7, 11) is 0. The quantitative estimate of drug-likeness (QED) is 0.805. The van der Waals surface area contributed by atoms with Crippen molar-refractivity contribution in [1.82, 2.24) is 10.6 Å². The zero-order valence-corrected chi connectivity index (χ0v) is 15.4. The third kappa shape index (κ3) is 3.38. The Morgan fingerprint density at radius 3 is 1.84 bits per heavy atom. The van der Waals surface area contributed by atoms with Crippen LogP contribution in [-0.4, -0.2) is 5.66 Å². The second-order valence-corrected chi connectivity index (χ2v) is 8.25. The van der Waals surface area contributed by atoms with Crippen molar-refractivity contribution < 1.29 is 0 Å². The molecule has 2 fully saturated rings. The van der Waals surface area contributed by atoms with Crippen molar-refractivity contribution in [3.63, 3.8) is 0 Å². The van der Waals surface area contributed by atoms with E-state index in [9.17, 15) is 0 Å². The zero-order valence-electron chi connectivity index (χ0n) is 15.4. The van der Waals surface area contributed by atoms with Gasteiger partial charge in [0, 0.05) is 0 Å². The van der Waals surface area contributed by atoms with Crippen LogP contribution in [0.2, 0.25) is 0 Å². The van der Waals surface area contributed by atoms with Crippen LogP contribution in [0.15, 0.2) is 60.7 Å². The van der Waals surface area contributed by atoms with Crippen molar-refractivity contribution in [2.24, 2.45) is 11.8 Å². The third-order valence-corrected chi connectivity index (χ3v) is 6.25. The monoisotopic (exact) mass is 334 g/mol. The fourth-order valence-corrected chi connectivity index (χ4v) is 4.82. The summed E-state index contributed by atoms with van der Waals surface area (Å²) in [6.07, 6.45) is 5.14. The van der Waals surface area contributed by atoms with Crippen molar-refractivity contribution in [1.29, 1.82) is 0 Å². The van der Waals surface area contributed by atoms with E-state index < -0.39 is 0 Å². The maximum absolute atomic E-state index is 4.04. The van der Waals surface area contributed by atoms with Crippen molar-refractivity contribution in [3.8, 4) is 0 Å². The van der Waals surface area contributed by atoms with Gasteiger partial charge in [0.25, 0.3) is 0 Å². The summed E-state index contributed by atoms with van der Waals surface area (Å²) >= 11 is 0. The Morgan fingerprint density at radius 2 is 1.36 bits per heavy atom.